The fraction of sp³-hybridized carbons (Fsp3) is 0.341. The number of rotatable bonds is 7. The van der Waals surface area contributed by atoms with E-state index in [0.717, 1.165) is 60.7 Å². The highest BCUT2D eigenvalue weighted by molar-refractivity contribution is 6.00. The van der Waals surface area contributed by atoms with Gasteiger partial charge in [0.2, 0.25) is 0 Å². The highest BCUT2D eigenvalue weighted by Crippen LogP contribution is 2.42. The van der Waals surface area contributed by atoms with E-state index in [0.29, 0.717) is 42.9 Å². The van der Waals surface area contributed by atoms with E-state index in [1.807, 2.05) is 59.5 Å². The van der Waals surface area contributed by atoms with Crippen LogP contribution in [0.2, 0.25) is 0 Å². The van der Waals surface area contributed by atoms with Crippen molar-refractivity contribution in [3.63, 3.8) is 0 Å². The summed E-state index contributed by atoms with van der Waals surface area (Å²) in [6, 6.07) is 21.6. The lowest BCUT2D eigenvalue weighted by atomic mass is 9.95. The summed E-state index contributed by atoms with van der Waals surface area (Å²) in [4.78, 5) is 34.0. The van der Waals surface area contributed by atoms with Crippen molar-refractivity contribution in [1.29, 1.82) is 5.26 Å². The van der Waals surface area contributed by atoms with Gasteiger partial charge in [0.1, 0.15) is 36.0 Å². The molecule has 0 radical (unpaired) electrons. The molecule has 12 heteroatoms. The Hall–Kier alpha value is -5.80. The number of nitrogens with zero attached hydrogens (tertiary/aromatic N) is 7. The normalized spacial score (nSPS) is 21.3. The summed E-state index contributed by atoms with van der Waals surface area (Å²) in [5.41, 5.74) is 2.19. The van der Waals surface area contributed by atoms with Crippen LogP contribution in [0.25, 0.3) is 32.9 Å². The first kappa shape index (κ1) is 33.1. The fourth-order valence-corrected chi connectivity index (χ4v) is 8.98. The average Bonchev–Trinajstić information content (AvgIpc) is 3.82. The van der Waals surface area contributed by atoms with E-state index in [1.165, 1.54) is 12.1 Å². The van der Waals surface area contributed by atoms with Crippen molar-refractivity contribution in [3.8, 4) is 29.1 Å². The molecule has 4 saturated heterocycles. The molecule has 2 unspecified atom stereocenters. The lowest BCUT2D eigenvalue weighted by molar-refractivity contribution is 0.0753. The number of aromatic nitrogens is 3. The maximum atomic E-state index is 17.0. The van der Waals surface area contributed by atoms with Gasteiger partial charge in [0.15, 0.2) is 5.82 Å². The van der Waals surface area contributed by atoms with Crippen LogP contribution in [0.15, 0.2) is 84.6 Å². The van der Waals surface area contributed by atoms with Crippen molar-refractivity contribution in [2.75, 3.05) is 37.7 Å². The Kier molecular flexibility index (Phi) is 8.31. The van der Waals surface area contributed by atoms with Crippen molar-refractivity contribution in [2.24, 2.45) is 0 Å². The third-order valence-electron chi connectivity index (χ3n) is 11.4. The Bertz CT molecular complexity index is 2300. The number of pyridine rings is 1. The minimum Gasteiger partial charge on any atom is -0.508 e. The summed E-state index contributed by atoms with van der Waals surface area (Å²) in [5, 5.41) is 22.1. The number of nitriles is 1. The number of ether oxygens (including phenoxy) is 2. The van der Waals surface area contributed by atoms with Crippen molar-refractivity contribution in [1.82, 2.24) is 24.8 Å². The Balaban J connectivity index is 1.10. The van der Waals surface area contributed by atoms with E-state index in [-0.39, 0.29) is 41.2 Å². The van der Waals surface area contributed by atoms with Gasteiger partial charge in [0, 0.05) is 30.9 Å². The lowest BCUT2D eigenvalue weighted by Crippen LogP contribution is -2.56. The summed E-state index contributed by atoms with van der Waals surface area (Å²) < 4.78 is 29.2. The summed E-state index contributed by atoms with van der Waals surface area (Å²) in [6.45, 7) is 3.27. The Morgan fingerprint density at radius 1 is 1.04 bits per heavy atom. The number of carbonyl (C=O) groups is 1. The average molecular weight is 712 g/mol. The van der Waals surface area contributed by atoms with Gasteiger partial charge in [0.05, 0.1) is 29.1 Å². The number of hydrogen-bond donors (Lipinski definition) is 1. The zero-order chi connectivity index (χ0) is 36.1. The van der Waals surface area contributed by atoms with Gasteiger partial charge in [-0.2, -0.15) is 15.2 Å². The summed E-state index contributed by atoms with van der Waals surface area (Å²) >= 11 is 0. The van der Waals surface area contributed by atoms with E-state index in [2.05, 4.69) is 16.0 Å². The zero-order valence-electron chi connectivity index (χ0n) is 29.1. The van der Waals surface area contributed by atoms with E-state index in [1.54, 1.807) is 17.2 Å². The second-order valence-electron chi connectivity index (χ2n) is 14.5. The van der Waals surface area contributed by atoms with Crippen LogP contribution in [-0.2, 0) is 11.3 Å². The third kappa shape index (κ3) is 5.85. The number of amides is 1. The van der Waals surface area contributed by atoms with Gasteiger partial charge in [-0.15, -0.1) is 0 Å². The number of hydrogen-bond acceptors (Lipinski definition) is 10. The van der Waals surface area contributed by atoms with Gasteiger partial charge < -0.3 is 19.5 Å². The lowest BCUT2D eigenvalue weighted by Gasteiger charge is -2.41. The van der Waals surface area contributed by atoms with Gasteiger partial charge in [0.25, 0.3) is 0 Å². The first-order chi connectivity index (χ1) is 25.9. The number of piperazine rings is 1. The number of carbonyl (C=O) groups excluding carboxylic acids is 1. The van der Waals surface area contributed by atoms with Crippen LogP contribution >= 0.6 is 0 Å². The SMILES string of the molecule is N#CC=C1CC2CN(c3nc(OCC45CCCN4CCC5)nc4c(F)c(-c5cc(O)cc6ccccc56)ncc34)CC1N2C(=O)OCc1ccccc1. The van der Waals surface area contributed by atoms with E-state index in [9.17, 15) is 15.2 Å². The standard InChI is InChI=1S/C41H38FN7O4/c42-35-36(32-20-30(50)19-27-10-4-5-11-31(27)32)44-21-33-37(35)45-39(53-25-41-13-6-16-48(41)17-7-14-41)46-38(33)47-22-29-18-28(12-15-43)34(23-47)49(29)40(51)52-24-26-8-2-1-3-9-26/h1-5,8-12,19-21,29,34,50H,6-7,13-14,16-18,22-25H2. The molecular formula is C41H38FN7O4. The number of halogens is 1. The Morgan fingerprint density at radius 2 is 1.83 bits per heavy atom. The Labute approximate surface area is 305 Å². The second kappa shape index (κ2) is 13.3. The summed E-state index contributed by atoms with van der Waals surface area (Å²) in [6.07, 6.45) is 7.41. The third-order valence-corrected chi connectivity index (χ3v) is 11.4. The molecule has 9 rings (SSSR count). The van der Waals surface area contributed by atoms with Crippen LogP contribution in [0, 0.1) is 17.1 Å². The van der Waals surface area contributed by atoms with Crippen LogP contribution in [0.5, 0.6) is 11.8 Å². The molecule has 3 aromatic carbocycles. The topological polar surface area (TPSA) is 128 Å². The van der Waals surface area contributed by atoms with Gasteiger partial charge in [-0.3, -0.25) is 14.8 Å². The molecule has 4 fully saturated rings. The number of anilines is 1. The molecule has 1 N–H and O–H groups in total. The highest BCUT2D eigenvalue weighted by atomic mass is 19.1. The number of aromatic hydroxyl groups is 1. The quantitative estimate of drug-likeness (QED) is 0.181. The summed E-state index contributed by atoms with van der Waals surface area (Å²) in [5.74, 6) is -0.202. The van der Waals surface area contributed by atoms with E-state index >= 15 is 4.39 Å². The van der Waals surface area contributed by atoms with Gasteiger partial charge >= 0.3 is 12.1 Å². The molecular weight excluding hydrogens is 673 g/mol. The maximum Gasteiger partial charge on any atom is 0.410 e. The Morgan fingerprint density at radius 3 is 2.64 bits per heavy atom. The van der Waals surface area contributed by atoms with Crippen molar-refractivity contribution in [2.45, 2.75) is 56.3 Å². The largest absolute Gasteiger partial charge is 0.508 e. The minimum atomic E-state index is -0.649. The molecule has 0 saturated carbocycles. The van der Waals surface area contributed by atoms with Crippen LogP contribution in [0.3, 0.4) is 0 Å². The first-order valence-electron chi connectivity index (χ1n) is 18.2. The first-order valence-corrected chi connectivity index (χ1v) is 18.2. The molecule has 268 valence electrons. The van der Waals surface area contributed by atoms with Crippen LogP contribution in [0.4, 0.5) is 15.0 Å². The summed E-state index contributed by atoms with van der Waals surface area (Å²) in [7, 11) is 0. The predicted molar refractivity (Wildman–Crippen MR) is 197 cm³/mol. The molecule has 5 aromatic rings. The molecule has 2 bridgehead atoms. The fourth-order valence-electron chi connectivity index (χ4n) is 8.98. The van der Waals surface area contributed by atoms with E-state index < -0.39 is 18.0 Å². The second-order valence-corrected chi connectivity index (χ2v) is 14.5. The molecule has 2 aromatic heterocycles. The number of allylic oxidation sites excluding steroid dienone is 1. The number of phenolic OH excluding ortho intramolecular Hbond substituents is 1. The molecule has 11 nitrogen and oxygen atoms in total. The highest BCUT2D eigenvalue weighted by Gasteiger charge is 2.48. The van der Waals surface area contributed by atoms with Gasteiger partial charge in [-0.05, 0) is 79.2 Å². The maximum absolute atomic E-state index is 17.0. The monoisotopic (exact) mass is 711 g/mol. The molecule has 1 amide bonds. The number of phenols is 1. The van der Waals surface area contributed by atoms with Gasteiger partial charge in [-0.25, -0.2) is 9.18 Å². The van der Waals surface area contributed by atoms with Crippen molar-refractivity contribution < 1.29 is 23.8 Å². The molecule has 4 aliphatic rings. The predicted octanol–water partition coefficient (Wildman–Crippen LogP) is 6.75. The van der Waals surface area contributed by atoms with Crippen LogP contribution < -0.4 is 9.64 Å². The number of fused-ring (bicyclic) bond motifs is 5. The van der Waals surface area contributed by atoms with Crippen LogP contribution in [-0.4, -0.2) is 86.4 Å². The molecule has 4 aliphatic heterocycles. The zero-order valence-corrected chi connectivity index (χ0v) is 29.1. The molecule has 0 spiro atoms. The molecule has 53 heavy (non-hydrogen) atoms. The van der Waals surface area contributed by atoms with Crippen LogP contribution in [0.1, 0.15) is 37.7 Å². The van der Waals surface area contributed by atoms with Gasteiger partial charge in [-0.1, -0.05) is 54.6 Å². The molecule has 0 aliphatic carbocycles. The van der Waals surface area contributed by atoms with Crippen molar-refractivity contribution >= 4 is 33.6 Å². The molecule has 6 heterocycles. The smallest absolute Gasteiger partial charge is 0.410 e. The molecule has 2 atom stereocenters. The minimum absolute atomic E-state index is 0.00111. The number of benzene rings is 3. The van der Waals surface area contributed by atoms with E-state index in [4.69, 9.17) is 19.4 Å². The van der Waals surface area contributed by atoms with Crippen molar-refractivity contribution in [3.05, 3.63) is 96.0 Å².